The van der Waals surface area contributed by atoms with E-state index in [9.17, 15) is 4.79 Å². The monoisotopic (exact) mass is 273 g/mol. The summed E-state index contributed by atoms with van der Waals surface area (Å²) in [6, 6.07) is 0.441. The van der Waals surface area contributed by atoms with E-state index < -0.39 is 0 Å². The van der Waals surface area contributed by atoms with Gasteiger partial charge in [-0.1, -0.05) is 20.8 Å². The van der Waals surface area contributed by atoms with Crippen LogP contribution in [0.2, 0.25) is 0 Å². The number of carbonyl (C=O) groups excluding carboxylic acids is 1. The van der Waals surface area contributed by atoms with Gasteiger partial charge >= 0.3 is 5.97 Å². The second-order valence-electron chi connectivity index (χ2n) is 5.35. The molecule has 106 valence electrons. The Hall–Kier alpha value is -0.220. The Bertz CT molecular complexity index is 254. The van der Waals surface area contributed by atoms with Crippen molar-refractivity contribution < 1.29 is 9.53 Å². The highest BCUT2D eigenvalue weighted by Gasteiger charge is 2.29. The van der Waals surface area contributed by atoms with Gasteiger partial charge in [-0.25, -0.2) is 0 Å². The molecule has 1 rings (SSSR count). The van der Waals surface area contributed by atoms with E-state index in [2.05, 4.69) is 26.1 Å². The van der Waals surface area contributed by atoms with Crippen LogP contribution in [0.4, 0.5) is 0 Å². The average molecular weight is 273 g/mol. The van der Waals surface area contributed by atoms with E-state index in [4.69, 9.17) is 4.74 Å². The molecule has 0 saturated heterocycles. The maximum absolute atomic E-state index is 11.8. The summed E-state index contributed by atoms with van der Waals surface area (Å²) in [5.41, 5.74) is 0. The lowest BCUT2D eigenvalue weighted by Gasteiger charge is -2.19. The number of thioether (sulfide) groups is 1. The molecule has 0 aromatic heterocycles. The van der Waals surface area contributed by atoms with Gasteiger partial charge in [0.1, 0.15) is 6.04 Å². The summed E-state index contributed by atoms with van der Waals surface area (Å²) in [7, 11) is 0. The number of nitrogens with one attached hydrogen (secondary N) is 1. The molecule has 0 aliphatic heterocycles. The van der Waals surface area contributed by atoms with Gasteiger partial charge in [-0.15, -0.1) is 0 Å². The lowest BCUT2D eigenvalue weighted by Crippen LogP contribution is -2.40. The Balaban J connectivity index is 2.28. The Morgan fingerprint density at radius 1 is 1.39 bits per heavy atom. The van der Waals surface area contributed by atoms with E-state index in [-0.39, 0.29) is 12.0 Å². The van der Waals surface area contributed by atoms with Crippen molar-refractivity contribution in [2.24, 2.45) is 5.92 Å². The van der Waals surface area contributed by atoms with Gasteiger partial charge < -0.3 is 10.1 Å². The van der Waals surface area contributed by atoms with E-state index in [0.29, 0.717) is 23.8 Å². The summed E-state index contributed by atoms with van der Waals surface area (Å²) < 4.78 is 5.13. The molecule has 1 N–H and O–H groups in total. The van der Waals surface area contributed by atoms with Crippen molar-refractivity contribution in [3.05, 3.63) is 0 Å². The molecule has 18 heavy (non-hydrogen) atoms. The van der Waals surface area contributed by atoms with Crippen LogP contribution < -0.4 is 5.32 Å². The van der Waals surface area contributed by atoms with Crippen LogP contribution in [-0.4, -0.2) is 35.7 Å². The van der Waals surface area contributed by atoms with Gasteiger partial charge in [0.15, 0.2) is 0 Å². The van der Waals surface area contributed by atoms with Crippen molar-refractivity contribution in [1.29, 1.82) is 0 Å². The first kappa shape index (κ1) is 15.8. The molecule has 0 heterocycles. The van der Waals surface area contributed by atoms with Crippen molar-refractivity contribution in [1.82, 2.24) is 5.32 Å². The molecular weight excluding hydrogens is 246 g/mol. The van der Waals surface area contributed by atoms with E-state index >= 15 is 0 Å². The summed E-state index contributed by atoms with van der Waals surface area (Å²) in [6.07, 6.45) is 3.27. The quantitative estimate of drug-likeness (QED) is 0.656. The third kappa shape index (κ3) is 6.10. The minimum atomic E-state index is -0.107. The van der Waals surface area contributed by atoms with Crippen molar-refractivity contribution in [2.75, 3.05) is 12.4 Å². The molecule has 0 aromatic rings. The van der Waals surface area contributed by atoms with E-state index in [1.165, 1.54) is 12.8 Å². The number of carbonyl (C=O) groups is 1. The Labute approximate surface area is 115 Å². The molecule has 2 atom stereocenters. The van der Waals surface area contributed by atoms with E-state index in [1.807, 2.05) is 18.7 Å². The second kappa shape index (κ2) is 8.05. The molecule has 4 heteroatoms. The first-order valence-corrected chi connectivity index (χ1v) is 8.13. The van der Waals surface area contributed by atoms with Crippen LogP contribution in [0.1, 0.15) is 47.0 Å². The minimum Gasteiger partial charge on any atom is -0.465 e. The number of hydrogen-bond donors (Lipinski definition) is 1. The molecule has 3 nitrogen and oxygen atoms in total. The average Bonchev–Trinajstić information content (AvgIpc) is 3.11. The number of esters is 1. The van der Waals surface area contributed by atoms with Crippen LogP contribution in [0, 0.1) is 5.92 Å². The molecule has 0 bridgehead atoms. The topological polar surface area (TPSA) is 38.3 Å². The van der Waals surface area contributed by atoms with Crippen LogP contribution >= 0.6 is 11.8 Å². The number of ether oxygens (including phenoxy) is 1. The summed E-state index contributed by atoms with van der Waals surface area (Å²) in [4.78, 5) is 11.8. The zero-order valence-electron chi connectivity index (χ0n) is 12.1. The summed E-state index contributed by atoms with van der Waals surface area (Å²) in [6.45, 7) is 9.06. The predicted octanol–water partition coefficient (Wildman–Crippen LogP) is 2.84. The number of rotatable bonds is 9. The van der Waals surface area contributed by atoms with Gasteiger partial charge in [0, 0.05) is 11.3 Å². The van der Waals surface area contributed by atoms with Crippen molar-refractivity contribution in [3.63, 3.8) is 0 Å². The molecule has 1 aliphatic rings. The lowest BCUT2D eigenvalue weighted by atomic mass is 10.2. The molecule has 0 spiro atoms. The fraction of sp³-hybridized carbons (Fsp3) is 0.929. The smallest absolute Gasteiger partial charge is 0.323 e. The third-order valence-corrected chi connectivity index (χ3v) is 4.85. The lowest BCUT2D eigenvalue weighted by molar-refractivity contribution is -0.145. The molecule has 0 radical (unpaired) electrons. The van der Waals surface area contributed by atoms with Crippen LogP contribution in [-0.2, 0) is 9.53 Å². The molecule has 1 aliphatic carbocycles. The largest absolute Gasteiger partial charge is 0.465 e. The van der Waals surface area contributed by atoms with Gasteiger partial charge in [-0.3, -0.25) is 4.79 Å². The molecule has 2 unspecified atom stereocenters. The molecule has 1 saturated carbocycles. The summed E-state index contributed by atoms with van der Waals surface area (Å²) in [5.74, 6) is 1.62. The summed E-state index contributed by atoms with van der Waals surface area (Å²) >= 11 is 1.95. The normalized spacial score (nSPS) is 18.7. The molecular formula is C14H27NO2S. The molecule has 0 aromatic carbocycles. The SMILES string of the molecule is CCOC(=O)C(CCSC(C)C(C)C)NC1CC1. The highest BCUT2D eigenvalue weighted by atomic mass is 32.2. The van der Waals surface area contributed by atoms with Crippen LogP contribution in [0.5, 0.6) is 0 Å². The minimum absolute atomic E-state index is 0.0813. The Morgan fingerprint density at radius 3 is 2.56 bits per heavy atom. The summed E-state index contributed by atoms with van der Waals surface area (Å²) in [5, 5.41) is 4.04. The third-order valence-electron chi connectivity index (χ3n) is 3.31. The van der Waals surface area contributed by atoms with Crippen molar-refractivity contribution in [2.45, 2.75) is 64.3 Å². The standard InChI is InChI=1S/C14H27NO2S/c1-5-17-14(16)13(15-12-6-7-12)8-9-18-11(4)10(2)3/h10-13,15H,5-9H2,1-4H3. The number of hydrogen-bond acceptors (Lipinski definition) is 4. The van der Waals surface area contributed by atoms with Crippen LogP contribution in [0.3, 0.4) is 0 Å². The highest BCUT2D eigenvalue weighted by Crippen LogP contribution is 2.23. The second-order valence-corrected chi connectivity index (χ2v) is 6.84. The van der Waals surface area contributed by atoms with Gasteiger partial charge in [0.05, 0.1) is 6.61 Å². The zero-order valence-corrected chi connectivity index (χ0v) is 12.9. The van der Waals surface area contributed by atoms with Crippen LogP contribution in [0.15, 0.2) is 0 Å². The van der Waals surface area contributed by atoms with E-state index in [1.54, 1.807) is 0 Å². The molecule has 1 fully saturated rings. The van der Waals surface area contributed by atoms with Gasteiger partial charge in [0.25, 0.3) is 0 Å². The van der Waals surface area contributed by atoms with Gasteiger partial charge in [-0.2, -0.15) is 11.8 Å². The maximum Gasteiger partial charge on any atom is 0.323 e. The van der Waals surface area contributed by atoms with Crippen molar-refractivity contribution >= 4 is 17.7 Å². The maximum atomic E-state index is 11.8. The zero-order chi connectivity index (χ0) is 13.5. The first-order chi connectivity index (χ1) is 8.54. The van der Waals surface area contributed by atoms with Crippen LogP contribution in [0.25, 0.3) is 0 Å². The first-order valence-electron chi connectivity index (χ1n) is 7.08. The van der Waals surface area contributed by atoms with Gasteiger partial charge in [-0.05, 0) is 37.9 Å². The van der Waals surface area contributed by atoms with Crippen molar-refractivity contribution in [3.8, 4) is 0 Å². The predicted molar refractivity (Wildman–Crippen MR) is 78.0 cm³/mol. The fourth-order valence-electron chi connectivity index (χ4n) is 1.61. The fourth-order valence-corrected chi connectivity index (χ4v) is 2.74. The van der Waals surface area contributed by atoms with E-state index in [0.717, 1.165) is 12.2 Å². The molecule has 0 amide bonds. The Morgan fingerprint density at radius 2 is 2.06 bits per heavy atom. The Kier molecular flexibility index (Phi) is 7.08. The highest BCUT2D eigenvalue weighted by molar-refractivity contribution is 7.99. The van der Waals surface area contributed by atoms with Gasteiger partial charge in [0.2, 0.25) is 0 Å².